The molecule has 7 nitrogen and oxygen atoms in total. The van der Waals surface area contributed by atoms with Crippen LogP contribution in [0.25, 0.3) is 11.4 Å². The van der Waals surface area contributed by atoms with Crippen LogP contribution in [0.4, 0.5) is 5.82 Å². The van der Waals surface area contributed by atoms with E-state index in [-0.39, 0.29) is 6.04 Å². The van der Waals surface area contributed by atoms with Crippen molar-refractivity contribution in [3.05, 3.63) is 52.2 Å². The smallest absolute Gasteiger partial charge is 0.172 e. The Morgan fingerprint density at radius 3 is 2.64 bits per heavy atom. The Hall–Kier alpha value is -2.51. The molecule has 3 aromatic rings. The second-order valence-electron chi connectivity index (χ2n) is 6.08. The number of hydrogen-bond acceptors (Lipinski definition) is 6. The highest BCUT2D eigenvalue weighted by Crippen LogP contribution is 2.28. The monoisotopic (exact) mass is 355 g/mol. The zero-order chi connectivity index (χ0) is 17.4. The molecule has 8 heteroatoms. The van der Waals surface area contributed by atoms with Crippen LogP contribution < -0.4 is 10.6 Å². The predicted molar refractivity (Wildman–Crippen MR) is 96.2 cm³/mol. The number of fused-ring (bicyclic) bond motifs is 1. The number of anilines is 1. The summed E-state index contributed by atoms with van der Waals surface area (Å²) < 4.78 is 0. The Kier molecular flexibility index (Phi) is 4.10. The second kappa shape index (κ2) is 6.42. The van der Waals surface area contributed by atoms with Gasteiger partial charge in [-0.1, -0.05) is 11.6 Å². The van der Waals surface area contributed by atoms with Gasteiger partial charge in [0.1, 0.15) is 11.6 Å². The van der Waals surface area contributed by atoms with E-state index in [1.165, 1.54) is 0 Å². The number of aryl methyl sites for hydroxylation is 1. The van der Waals surface area contributed by atoms with Crippen LogP contribution in [0.15, 0.2) is 24.3 Å². The van der Waals surface area contributed by atoms with Crippen LogP contribution in [0.3, 0.4) is 0 Å². The Morgan fingerprint density at radius 2 is 1.92 bits per heavy atom. The van der Waals surface area contributed by atoms with Crippen molar-refractivity contribution in [2.75, 3.05) is 5.32 Å². The highest BCUT2D eigenvalue weighted by atomic mass is 35.5. The van der Waals surface area contributed by atoms with Gasteiger partial charge in [-0.2, -0.15) is 5.10 Å². The normalized spacial score (nSPS) is 14.4. The minimum absolute atomic E-state index is 0.0670. The van der Waals surface area contributed by atoms with E-state index in [1.54, 1.807) is 0 Å². The fourth-order valence-electron chi connectivity index (χ4n) is 2.84. The lowest BCUT2D eigenvalue weighted by atomic mass is 10.1. The van der Waals surface area contributed by atoms with Crippen molar-refractivity contribution in [1.29, 1.82) is 0 Å². The fourth-order valence-corrected chi connectivity index (χ4v) is 2.96. The van der Waals surface area contributed by atoms with Crippen LogP contribution in [0.1, 0.15) is 35.9 Å². The van der Waals surface area contributed by atoms with Crippen LogP contribution in [0.5, 0.6) is 0 Å². The largest absolute Gasteiger partial charge is 0.360 e. The molecule has 1 atom stereocenters. The molecular formula is C17H18ClN7. The van der Waals surface area contributed by atoms with E-state index in [0.29, 0.717) is 16.7 Å². The molecule has 1 aliphatic heterocycles. The van der Waals surface area contributed by atoms with E-state index < -0.39 is 0 Å². The van der Waals surface area contributed by atoms with Gasteiger partial charge in [0.2, 0.25) is 0 Å². The minimum Gasteiger partial charge on any atom is -0.360 e. The summed E-state index contributed by atoms with van der Waals surface area (Å²) in [6.45, 7) is 5.38. The van der Waals surface area contributed by atoms with Crippen molar-refractivity contribution in [2.45, 2.75) is 33.0 Å². The summed E-state index contributed by atoms with van der Waals surface area (Å²) in [5.74, 6) is 3.00. The van der Waals surface area contributed by atoms with Gasteiger partial charge in [0.15, 0.2) is 11.6 Å². The number of benzene rings is 1. The molecular weight excluding hydrogens is 338 g/mol. The van der Waals surface area contributed by atoms with Gasteiger partial charge < -0.3 is 10.6 Å². The SMILES string of the molecule is Cc1nc(C(C)Nc2nc(-c3ccc(Cl)cc3)nc3c2CNC3)n[nH]1. The molecule has 2 aromatic heterocycles. The standard InChI is InChI=1S/C17H18ClN7/c1-9(15-21-10(2)24-25-15)20-17-13-7-19-8-14(13)22-16(23-17)11-3-5-12(18)6-4-11/h3-6,9,19H,7-8H2,1-2H3,(H,20,22,23)(H,21,24,25). The third kappa shape index (κ3) is 3.20. The highest BCUT2D eigenvalue weighted by molar-refractivity contribution is 6.30. The first kappa shape index (κ1) is 16.0. The fraction of sp³-hybridized carbons (Fsp3) is 0.294. The van der Waals surface area contributed by atoms with Crippen LogP contribution in [-0.4, -0.2) is 25.1 Å². The van der Waals surface area contributed by atoms with Crippen LogP contribution in [0, 0.1) is 6.92 Å². The molecule has 4 rings (SSSR count). The van der Waals surface area contributed by atoms with Gasteiger partial charge in [0.25, 0.3) is 0 Å². The Labute approximate surface area is 150 Å². The molecule has 1 aliphatic rings. The Bertz CT molecular complexity index is 904. The average molecular weight is 356 g/mol. The van der Waals surface area contributed by atoms with E-state index in [4.69, 9.17) is 21.6 Å². The molecule has 3 N–H and O–H groups in total. The molecule has 0 radical (unpaired) electrons. The molecule has 25 heavy (non-hydrogen) atoms. The van der Waals surface area contributed by atoms with Gasteiger partial charge in [-0.25, -0.2) is 15.0 Å². The zero-order valence-electron chi connectivity index (χ0n) is 14.0. The predicted octanol–water partition coefficient (Wildman–Crippen LogP) is 3.00. The molecule has 1 unspecified atom stereocenters. The van der Waals surface area contributed by atoms with Crippen LogP contribution in [-0.2, 0) is 13.1 Å². The first-order chi connectivity index (χ1) is 12.1. The number of H-pyrrole nitrogens is 1. The van der Waals surface area contributed by atoms with Gasteiger partial charge in [-0.15, -0.1) is 0 Å². The van der Waals surface area contributed by atoms with Crippen molar-refractivity contribution in [2.24, 2.45) is 0 Å². The average Bonchev–Trinajstić information content (AvgIpc) is 3.24. The van der Waals surface area contributed by atoms with E-state index in [2.05, 4.69) is 25.8 Å². The van der Waals surface area contributed by atoms with Gasteiger partial charge in [-0.05, 0) is 38.1 Å². The van der Waals surface area contributed by atoms with Crippen molar-refractivity contribution < 1.29 is 0 Å². The third-order valence-electron chi connectivity index (χ3n) is 4.14. The molecule has 0 aliphatic carbocycles. The maximum Gasteiger partial charge on any atom is 0.172 e. The molecule has 0 amide bonds. The molecule has 0 fully saturated rings. The highest BCUT2D eigenvalue weighted by Gasteiger charge is 2.22. The summed E-state index contributed by atoms with van der Waals surface area (Å²) in [7, 11) is 0. The number of aromatic amines is 1. The molecule has 128 valence electrons. The van der Waals surface area contributed by atoms with Gasteiger partial charge in [0, 0.05) is 29.2 Å². The summed E-state index contributed by atoms with van der Waals surface area (Å²) in [5, 5.41) is 14.6. The van der Waals surface area contributed by atoms with Crippen LogP contribution >= 0.6 is 11.6 Å². The van der Waals surface area contributed by atoms with Crippen molar-refractivity contribution in [3.63, 3.8) is 0 Å². The van der Waals surface area contributed by atoms with Crippen molar-refractivity contribution >= 4 is 17.4 Å². The van der Waals surface area contributed by atoms with Gasteiger partial charge >= 0.3 is 0 Å². The van der Waals surface area contributed by atoms with E-state index in [0.717, 1.165) is 41.6 Å². The first-order valence-corrected chi connectivity index (χ1v) is 8.50. The lowest BCUT2D eigenvalue weighted by molar-refractivity contribution is 0.755. The number of aromatic nitrogens is 5. The number of halogens is 1. The second-order valence-corrected chi connectivity index (χ2v) is 6.51. The zero-order valence-corrected chi connectivity index (χ0v) is 14.7. The molecule has 0 bridgehead atoms. The number of hydrogen-bond donors (Lipinski definition) is 3. The van der Waals surface area contributed by atoms with E-state index in [9.17, 15) is 0 Å². The number of nitrogens with zero attached hydrogens (tertiary/aromatic N) is 4. The maximum atomic E-state index is 5.98. The molecule has 0 saturated carbocycles. The minimum atomic E-state index is -0.0670. The maximum absolute atomic E-state index is 5.98. The van der Waals surface area contributed by atoms with Crippen LogP contribution in [0.2, 0.25) is 5.02 Å². The van der Waals surface area contributed by atoms with Crippen molar-refractivity contribution in [1.82, 2.24) is 30.5 Å². The topological polar surface area (TPSA) is 91.4 Å². The van der Waals surface area contributed by atoms with Gasteiger partial charge in [0.05, 0.1) is 11.7 Å². The summed E-state index contributed by atoms with van der Waals surface area (Å²) in [5.41, 5.74) is 3.04. The first-order valence-electron chi connectivity index (χ1n) is 8.12. The Balaban J connectivity index is 1.70. The summed E-state index contributed by atoms with van der Waals surface area (Å²) in [6.07, 6.45) is 0. The number of nitrogens with one attached hydrogen (secondary N) is 3. The summed E-state index contributed by atoms with van der Waals surface area (Å²) in [6, 6.07) is 7.48. The lowest BCUT2D eigenvalue weighted by Crippen LogP contribution is -2.13. The summed E-state index contributed by atoms with van der Waals surface area (Å²) in [4.78, 5) is 13.8. The summed E-state index contributed by atoms with van der Waals surface area (Å²) >= 11 is 5.98. The third-order valence-corrected chi connectivity index (χ3v) is 4.40. The lowest BCUT2D eigenvalue weighted by Gasteiger charge is -2.15. The van der Waals surface area contributed by atoms with E-state index >= 15 is 0 Å². The molecule has 3 heterocycles. The van der Waals surface area contributed by atoms with Crippen molar-refractivity contribution in [3.8, 4) is 11.4 Å². The quantitative estimate of drug-likeness (QED) is 0.666. The Morgan fingerprint density at radius 1 is 1.12 bits per heavy atom. The number of rotatable bonds is 4. The van der Waals surface area contributed by atoms with Gasteiger partial charge in [-0.3, -0.25) is 5.10 Å². The molecule has 0 spiro atoms. The molecule has 0 saturated heterocycles. The molecule has 1 aromatic carbocycles. The van der Waals surface area contributed by atoms with E-state index in [1.807, 2.05) is 38.1 Å².